The van der Waals surface area contributed by atoms with Gasteiger partial charge in [-0.15, -0.1) is 0 Å². The average molecular weight is 457 g/mol. The van der Waals surface area contributed by atoms with Crippen molar-refractivity contribution in [3.8, 4) is 0 Å². The molecule has 34 heavy (non-hydrogen) atoms. The second kappa shape index (κ2) is 12.3. The zero-order valence-corrected chi connectivity index (χ0v) is 19.7. The van der Waals surface area contributed by atoms with Gasteiger partial charge < -0.3 is 9.47 Å². The molecule has 3 aromatic rings. The number of aliphatic imine (C=N–C) groups is 2. The zero-order chi connectivity index (χ0) is 24.3. The van der Waals surface area contributed by atoms with Crippen molar-refractivity contribution in [1.29, 1.82) is 0 Å². The molecule has 174 valence electrons. The first-order valence-corrected chi connectivity index (χ1v) is 11.1. The van der Waals surface area contributed by atoms with Gasteiger partial charge in [-0.25, -0.2) is 9.59 Å². The maximum absolute atomic E-state index is 12.3. The van der Waals surface area contributed by atoms with Crippen molar-refractivity contribution in [3.05, 3.63) is 95.6 Å². The summed E-state index contributed by atoms with van der Waals surface area (Å²) in [6, 6.07) is 24.2. The van der Waals surface area contributed by atoms with E-state index in [9.17, 15) is 9.59 Å². The van der Waals surface area contributed by atoms with Crippen molar-refractivity contribution < 1.29 is 19.1 Å². The molecule has 0 heterocycles. The molecule has 0 aliphatic rings. The Morgan fingerprint density at radius 3 is 1.65 bits per heavy atom. The van der Waals surface area contributed by atoms with Crippen molar-refractivity contribution in [2.75, 3.05) is 14.2 Å². The second-order valence-electron chi connectivity index (χ2n) is 7.47. The minimum absolute atomic E-state index is 0.382. The second-order valence-corrected chi connectivity index (χ2v) is 7.47. The number of carbonyl (C=O) groups excluding carboxylic acids is 2. The highest BCUT2D eigenvalue weighted by Gasteiger charge is 2.16. The molecule has 0 atom stereocenters. The number of esters is 2. The number of ether oxygens (including phenoxy) is 2. The summed E-state index contributed by atoms with van der Waals surface area (Å²) in [6.45, 7) is 1.99. The van der Waals surface area contributed by atoms with Crippen LogP contribution in [0.4, 0.5) is 11.4 Å². The van der Waals surface area contributed by atoms with Gasteiger partial charge in [0.1, 0.15) is 0 Å². The Kier molecular flexibility index (Phi) is 8.86. The molecule has 0 aliphatic carbocycles. The third kappa shape index (κ3) is 6.25. The van der Waals surface area contributed by atoms with Gasteiger partial charge in [0.05, 0.1) is 48.1 Å². The molecule has 0 amide bonds. The van der Waals surface area contributed by atoms with Crippen LogP contribution in [0.5, 0.6) is 0 Å². The minimum atomic E-state index is -0.451. The molecule has 6 nitrogen and oxygen atoms in total. The molecule has 6 heteroatoms. The van der Waals surface area contributed by atoms with Crippen LogP contribution in [0.15, 0.2) is 88.8 Å². The highest BCUT2D eigenvalue weighted by molar-refractivity contribution is 6.43. The summed E-state index contributed by atoms with van der Waals surface area (Å²) < 4.78 is 9.85. The van der Waals surface area contributed by atoms with Gasteiger partial charge in [-0.3, -0.25) is 9.98 Å². The number of hydrogen-bond acceptors (Lipinski definition) is 6. The largest absolute Gasteiger partial charge is 0.465 e. The van der Waals surface area contributed by atoms with Crippen LogP contribution >= 0.6 is 0 Å². The summed E-state index contributed by atoms with van der Waals surface area (Å²) in [5.74, 6) is -0.901. The number of hydrogen-bond donors (Lipinski definition) is 0. The predicted molar refractivity (Wildman–Crippen MR) is 135 cm³/mol. The average Bonchev–Trinajstić information content (AvgIpc) is 2.90. The van der Waals surface area contributed by atoms with E-state index in [2.05, 4.69) is 12.1 Å². The van der Waals surface area contributed by atoms with Gasteiger partial charge in [-0.05, 0) is 49.1 Å². The smallest absolute Gasteiger partial charge is 0.340 e. The fourth-order valence-electron chi connectivity index (χ4n) is 3.52. The number of para-hydroxylation sites is 2. The Labute approximate surface area is 200 Å². The van der Waals surface area contributed by atoms with Gasteiger partial charge in [-0.2, -0.15) is 0 Å². The van der Waals surface area contributed by atoms with Crippen LogP contribution in [0.3, 0.4) is 0 Å². The maximum Gasteiger partial charge on any atom is 0.340 e. The van der Waals surface area contributed by atoms with Crippen molar-refractivity contribution in [2.45, 2.75) is 26.2 Å². The fraction of sp³-hybridized carbons (Fsp3) is 0.214. The van der Waals surface area contributed by atoms with Crippen molar-refractivity contribution in [3.63, 3.8) is 0 Å². The molecule has 0 bridgehead atoms. The lowest BCUT2D eigenvalue weighted by Gasteiger charge is -2.12. The summed E-state index contributed by atoms with van der Waals surface area (Å²) in [4.78, 5) is 34.3. The van der Waals surface area contributed by atoms with Crippen LogP contribution in [0.2, 0.25) is 0 Å². The van der Waals surface area contributed by atoms with Gasteiger partial charge in [0.15, 0.2) is 0 Å². The van der Waals surface area contributed by atoms with E-state index in [1.165, 1.54) is 19.8 Å². The molecule has 0 saturated heterocycles. The Morgan fingerprint density at radius 1 is 0.676 bits per heavy atom. The van der Waals surface area contributed by atoms with E-state index in [1.54, 1.807) is 36.4 Å². The molecule has 0 radical (unpaired) electrons. The van der Waals surface area contributed by atoms with E-state index < -0.39 is 11.9 Å². The highest BCUT2D eigenvalue weighted by atomic mass is 16.5. The van der Waals surface area contributed by atoms with Gasteiger partial charge in [-0.1, -0.05) is 61.5 Å². The number of aryl methyl sites for hydroxylation is 1. The SMILES string of the molecule is CCC(=Nc1ccccc1C(=O)OC)C(CCc1ccccc1)=Nc1ccccc1C(=O)OC. The molecule has 0 fully saturated rings. The fourth-order valence-corrected chi connectivity index (χ4v) is 3.52. The lowest BCUT2D eigenvalue weighted by Crippen LogP contribution is -2.15. The van der Waals surface area contributed by atoms with Crippen LogP contribution in [-0.2, 0) is 15.9 Å². The van der Waals surface area contributed by atoms with Crippen LogP contribution in [0, 0.1) is 0 Å². The molecular formula is C28H28N2O4. The molecule has 0 aliphatic heterocycles. The summed E-state index contributed by atoms with van der Waals surface area (Å²) in [6.07, 6.45) is 1.94. The third-order valence-corrected chi connectivity index (χ3v) is 5.29. The van der Waals surface area contributed by atoms with E-state index >= 15 is 0 Å². The molecule has 0 N–H and O–H groups in total. The van der Waals surface area contributed by atoms with Crippen LogP contribution in [0.25, 0.3) is 0 Å². The van der Waals surface area contributed by atoms with E-state index in [0.717, 1.165) is 17.8 Å². The topological polar surface area (TPSA) is 77.3 Å². The summed E-state index contributed by atoms with van der Waals surface area (Å²) in [5, 5.41) is 0. The Morgan fingerprint density at radius 2 is 1.15 bits per heavy atom. The lowest BCUT2D eigenvalue weighted by molar-refractivity contribution is 0.0592. The predicted octanol–water partition coefficient (Wildman–Crippen LogP) is 6.15. The number of methoxy groups -OCH3 is 2. The van der Waals surface area contributed by atoms with Gasteiger partial charge in [0.25, 0.3) is 0 Å². The first kappa shape index (κ1) is 24.6. The molecule has 3 rings (SSSR count). The van der Waals surface area contributed by atoms with Crippen molar-refractivity contribution in [2.24, 2.45) is 9.98 Å². The molecule has 3 aromatic carbocycles. The van der Waals surface area contributed by atoms with Crippen molar-refractivity contribution >= 4 is 34.7 Å². The number of nitrogens with zero attached hydrogens (tertiary/aromatic N) is 2. The number of rotatable bonds is 9. The van der Waals surface area contributed by atoms with Gasteiger partial charge in [0.2, 0.25) is 0 Å². The summed E-state index contributed by atoms with van der Waals surface area (Å²) in [5.41, 5.74) is 4.43. The molecule has 0 saturated carbocycles. The third-order valence-electron chi connectivity index (χ3n) is 5.29. The Hall–Kier alpha value is -4.06. The first-order valence-electron chi connectivity index (χ1n) is 11.1. The molecular weight excluding hydrogens is 428 g/mol. The summed E-state index contributed by atoms with van der Waals surface area (Å²) >= 11 is 0. The van der Waals surface area contributed by atoms with E-state index in [1.807, 2.05) is 37.3 Å². The normalized spacial score (nSPS) is 11.7. The van der Waals surface area contributed by atoms with E-state index in [4.69, 9.17) is 19.5 Å². The minimum Gasteiger partial charge on any atom is -0.465 e. The van der Waals surface area contributed by atoms with E-state index in [0.29, 0.717) is 35.3 Å². The van der Waals surface area contributed by atoms with Gasteiger partial charge >= 0.3 is 11.9 Å². The molecule has 0 spiro atoms. The first-order chi connectivity index (χ1) is 16.6. The van der Waals surface area contributed by atoms with Crippen LogP contribution in [-0.4, -0.2) is 37.6 Å². The van der Waals surface area contributed by atoms with Crippen LogP contribution in [0.1, 0.15) is 46.0 Å². The quantitative estimate of drug-likeness (QED) is 0.286. The Bertz CT molecular complexity index is 1200. The molecule has 0 aromatic heterocycles. The molecule has 0 unspecified atom stereocenters. The highest BCUT2D eigenvalue weighted by Crippen LogP contribution is 2.24. The van der Waals surface area contributed by atoms with Crippen LogP contribution < -0.4 is 0 Å². The summed E-state index contributed by atoms with van der Waals surface area (Å²) in [7, 11) is 2.70. The monoisotopic (exact) mass is 456 g/mol. The lowest BCUT2D eigenvalue weighted by atomic mass is 10.0. The van der Waals surface area contributed by atoms with E-state index in [-0.39, 0.29) is 0 Å². The zero-order valence-electron chi connectivity index (χ0n) is 19.7. The van der Waals surface area contributed by atoms with Gasteiger partial charge in [0, 0.05) is 0 Å². The van der Waals surface area contributed by atoms with Crippen molar-refractivity contribution in [1.82, 2.24) is 0 Å². The Balaban J connectivity index is 2.09. The maximum atomic E-state index is 12.3. The number of carbonyl (C=O) groups is 2. The standard InChI is InChI=1S/C28H28N2O4/c1-4-23(29-24-16-10-8-14-21(24)27(31)33-2)26(19-18-20-12-6-5-7-13-20)30-25-17-11-9-15-22(25)28(32)34-3/h5-17H,4,18-19H2,1-3H3. The number of benzene rings is 3.